The molecule has 6 heteroatoms. The van der Waals surface area contributed by atoms with E-state index in [4.69, 9.17) is 0 Å². The van der Waals surface area contributed by atoms with Crippen molar-refractivity contribution in [2.75, 3.05) is 25.5 Å². The molecule has 0 aliphatic carbocycles. The Labute approximate surface area is 140 Å². The van der Waals surface area contributed by atoms with Gasteiger partial charge in [-0.2, -0.15) is 0 Å². The van der Waals surface area contributed by atoms with E-state index in [9.17, 15) is 14.9 Å². The monoisotopic (exact) mass is 325 g/mol. The highest BCUT2D eigenvalue weighted by Gasteiger charge is 2.33. The zero-order valence-corrected chi connectivity index (χ0v) is 13.7. The van der Waals surface area contributed by atoms with Crippen LogP contribution in [0.15, 0.2) is 48.5 Å². The highest BCUT2D eigenvalue weighted by Crippen LogP contribution is 2.34. The number of likely N-dealkylation sites (N-methyl/N-ethyl adjacent to an activating group) is 1. The van der Waals surface area contributed by atoms with Gasteiger partial charge in [0.15, 0.2) is 0 Å². The maximum Gasteiger partial charge on any atom is 0.271 e. The van der Waals surface area contributed by atoms with Crippen molar-refractivity contribution in [2.45, 2.75) is 12.5 Å². The molecule has 0 saturated carbocycles. The lowest BCUT2D eigenvalue weighted by molar-refractivity contribution is -0.384. The van der Waals surface area contributed by atoms with Crippen molar-refractivity contribution >= 4 is 17.3 Å². The van der Waals surface area contributed by atoms with E-state index in [2.05, 4.69) is 0 Å². The van der Waals surface area contributed by atoms with E-state index in [1.807, 2.05) is 49.3 Å². The fourth-order valence-electron chi connectivity index (χ4n) is 3.15. The molecule has 0 radical (unpaired) electrons. The van der Waals surface area contributed by atoms with Crippen molar-refractivity contribution in [1.82, 2.24) is 4.90 Å². The largest absolute Gasteiger partial charge is 0.310 e. The summed E-state index contributed by atoms with van der Waals surface area (Å²) in [5.41, 5.74) is 2.54. The number of benzene rings is 2. The minimum atomic E-state index is -0.429. The predicted octanol–water partition coefficient (Wildman–Crippen LogP) is 2.79. The molecule has 1 aliphatic rings. The first-order chi connectivity index (χ1) is 11.5. The van der Waals surface area contributed by atoms with E-state index < -0.39 is 11.0 Å². The SMILES string of the molecule is CN(C)C(C(=O)N1CCc2ccc([N+](=O)[O-])cc21)c1ccccc1. The van der Waals surface area contributed by atoms with E-state index in [1.54, 1.807) is 11.0 Å². The Balaban J connectivity index is 1.97. The van der Waals surface area contributed by atoms with Gasteiger partial charge in [0, 0.05) is 18.7 Å². The van der Waals surface area contributed by atoms with Crippen LogP contribution < -0.4 is 4.90 Å². The number of carbonyl (C=O) groups is 1. The summed E-state index contributed by atoms with van der Waals surface area (Å²) in [6.45, 7) is 0.548. The van der Waals surface area contributed by atoms with Gasteiger partial charge in [-0.25, -0.2) is 0 Å². The second-order valence-electron chi connectivity index (χ2n) is 6.09. The standard InChI is InChI=1S/C18H19N3O3/c1-19(2)17(14-6-4-3-5-7-14)18(22)20-11-10-13-8-9-15(21(23)24)12-16(13)20/h3-9,12,17H,10-11H2,1-2H3. The van der Waals surface area contributed by atoms with Gasteiger partial charge in [0.25, 0.3) is 5.69 Å². The molecule has 1 amide bonds. The van der Waals surface area contributed by atoms with Crippen LogP contribution in [0.25, 0.3) is 0 Å². The van der Waals surface area contributed by atoms with Crippen LogP contribution in [0.2, 0.25) is 0 Å². The minimum absolute atomic E-state index is 0.00886. The fourth-order valence-corrected chi connectivity index (χ4v) is 3.15. The number of nitro benzene ring substituents is 1. The number of non-ortho nitro benzene ring substituents is 1. The third-order valence-corrected chi connectivity index (χ3v) is 4.31. The number of carbonyl (C=O) groups excluding carboxylic acids is 1. The molecule has 2 aromatic carbocycles. The Hall–Kier alpha value is -2.73. The van der Waals surface area contributed by atoms with Crippen LogP contribution in [0.4, 0.5) is 11.4 Å². The first kappa shape index (κ1) is 16.1. The molecule has 0 fully saturated rings. The highest BCUT2D eigenvalue weighted by molar-refractivity contribution is 5.99. The van der Waals surface area contributed by atoms with E-state index in [0.717, 1.165) is 11.1 Å². The van der Waals surface area contributed by atoms with E-state index in [1.165, 1.54) is 12.1 Å². The summed E-state index contributed by atoms with van der Waals surface area (Å²) in [6.07, 6.45) is 0.716. The molecule has 1 aliphatic heterocycles. The molecule has 3 rings (SSSR count). The van der Waals surface area contributed by atoms with Crippen molar-refractivity contribution in [3.63, 3.8) is 0 Å². The molecule has 1 atom stereocenters. The fraction of sp³-hybridized carbons (Fsp3) is 0.278. The molecular formula is C18H19N3O3. The summed E-state index contributed by atoms with van der Waals surface area (Å²) < 4.78 is 0. The number of anilines is 1. The zero-order chi connectivity index (χ0) is 17.3. The van der Waals surface area contributed by atoms with Gasteiger partial charge >= 0.3 is 0 Å². The molecule has 0 saturated heterocycles. The van der Waals surface area contributed by atoms with Crippen LogP contribution in [0.5, 0.6) is 0 Å². The molecule has 124 valence electrons. The summed E-state index contributed by atoms with van der Waals surface area (Å²) in [4.78, 5) is 27.3. The maximum atomic E-state index is 13.1. The first-order valence-corrected chi connectivity index (χ1v) is 7.79. The Morgan fingerprint density at radius 2 is 1.92 bits per heavy atom. The van der Waals surface area contributed by atoms with Gasteiger partial charge in [-0.05, 0) is 31.6 Å². The van der Waals surface area contributed by atoms with Gasteiger partial charge in [0.05, 0.1) is 10.6 Å². The van der Waals surface area contributed by atoms with E-state index in [0.29, 0.717) is 18.7 Å². The topological polar surface area (TPSA) is 66.7 Å². The van der Waals surface area contributed by atoms with Crippen LogP contribution in [0, 0.1) is 10.1 Å². The predicted molar refractivity (Wildman–Crippen MR) is 92.0 cm³/mol. The number of amides is 1. The average Bonchev–Trinajstić information content (AvgIpc) is 2.98. The van der Waals surface area contributed by atoms with Crippen LogP contribution in [0.1, 0.15) is 17.2 Å². The van der Waals surface area contributed by atoms with E-state index in [-0.39, 0.29) is 11.6 Å². The molecule has 6 nitrogen and oxygen atoms in total. The van der Waals surface area contributed by atoms with Crippen molar-refractivity contribution in [1.29, 1.82) is 0 Å². The maximum absolute atomic E-state index is 13.1. The quantitative estimate of drug-likeness (QED) is 0.640. The highest BCUT2D eigenvalue weighted by atomic mass is 16.6. The molecule has 0 bridgehead atoms. The summed E-state index contributed by atoms with van der Waals surface area (Å²) in [5, 5.41) is 11.0. The summed E-state index contributed by atoms with van der Waals surface area (Å²) in [6, 6.07) is 13.9. The Morgan fingerprint density at radius 1 is 1.21 bits per heavy atom. The molecular weight excluding hydrogens is 306 g/mol. The van der Waals surface area contributed by atoms with Crippen molar-refractivity contribution in [2.24, 2.45) is 0 Å². The van der Waals surface area contributed by atoms with Crippen LogP contribution in [-0.4, -0.2) is 36.4 Å². The smallest absolute Gasteiger partial charge is 0.271 e. The molecule has 0 aromatic heterocycles. The Bertz CT molecular complexity index is 774. The van der Waals surface area contributed by atoms with Crippen molar-refractivity contribution in [3.8, 4) is 0 Å². The second-order valence-corrected chi connectivity index (χ2v) is 6.09. The third kappa shape index (κ3) is 2.88. The zero-order valence-electron chi connectivity index (χ0n) is 13.7. The summed E-state index contributed by atoms with van der Waals surface area (Å²) in [7, 11) is 3.72. The normalized spacial score (nSPS) is 14.5. The first-order valence-electron chi connectivity index (χ1n) is 7.79. The van der Waals surface area contributed by atoms with Gasteiger partial charge in [-0.3, -0.25) is 19.8 Å². The van der Waals surface area contributed by atoms with Crippen molar-refractivity contribution < 1.29 is 9.72 Å². The Kier molecular flexibility index (Phi) is 4.31. The molecule has 0 spiro atoms. The third-order valence-electron chi connectivity index (χ3n) is 4.31. The molecule has 24 heavy (non-hydrogen) atoms. The van der Waals surface area contributed by atoms with Gasteiger partial charge in [-0.15, -0.1) is 0 Å². The molecule has 2 aromatic rings. The van der Waals surface area contributed by atoms with Crippen LogP contribution in [-0.2, 0) is 11.2 Å². The van der Waals surface area contributed by atoms with Crippen LogP contribution in [0.3, 0.4) is 0 Å². The summed E-state index contributed by atoms with van der Waals surface area (Å²) >= 11 is 0. The molecule has 1 heterocycles. The lowest BCUT2D eigenvalue weighted by Gasteiger charge is -2.28. The van der Waals surface area contributed by atoms with Crippen LogP contribution >= 0.6 is 0 Å². The van der Waals surface area contributed by atoms with Gasteiger partial charge in [0.1, 0.15) is 6.04 Å². The Morgan fingerprint density at radius 3 is 2.54 bits per heavy atom. The van der Waals surface area contributed by atoms with Gasteiger partial charge < -0.3 is 4.90 Å². The average molecular weight is 325 g/mol. The van der Waals surface area contributed by atoms with E-state index >= 15 is 0 Å². The van der Waals surface area contributed by atoms with Crippen molar-refractivity contribution in [3.05, 3.63) is 69.8 Å². The number of nitrogens with zero attached hydrogens (tertiary/aromatic N) is 3. The van der Waals surface area contributed by atoms with Gasteiger partial charge in [-0.1, -0.05) is 36.4 Å². The lowest BCUT2D eigenvalue weighted by Crippen LogP contribution is -2.39. The minimum Gasteiger partial charge on any atom is -0.310 e. The molecule has 1 unspecified atom stereocenters. The number of nitro groups is 1. The number of rotatable bonds is 4. The second kappa shape index (κ2) is 6.41. The number of hydrogen-bond acceptors (Lipinski definition) is 4. The summed E-state index contributed by atoms with van der Waals surface area (Å²) in [5.74, 6) is -0.0644. The molecule has 0 N–H and O–H groups in total. The lowest BCUT2D eigenvalue weighted by atomic mass is 10.0. The number of hydrogen-bond donors (Lipinski definition) is 0. The number of fused-ring (bicyclic) bond motifs is 1. The van der Waals surface area contributed by atoms with Gasteiger partial charge in [0.2, 0.25) is 5.91 Å².